The first kappa shape index (κ1) is 10.8. The van der Waals surface area contributed by atoms with Crippen molar-refractivity contribution in [1.29, 1.82) is 0 Å². The Morgan fingerprint density at radius 3 is 2.53 bits per heavy atom. The third-order valence-corrected chi connectivity index (χ3v) is 5.20. The summed E-state index contributed by atoms with van der Waals surface area (Å²) in [5.74, 6) is 3.79. The Balaban J connectivity index is 1.75. The van der Waals surface area contributed by atoms with E-state index in [2.05, 4.69) is 25.3 Å². The Labute approximate surface area is 103 Å². The van der Waals surface area contributed by atoms with Gasteiger partial charge < -0.3 is 4.74 Å². The van der Waals surface area contributed by atoms with Crippen LogP contribution in [0.15, 0.2) is 0 Å². The Bertz CT molecular complexity index is 244. The van der Waals surface area contributed by atoms with Gasteiger partial charge in [-0.2, -0.15) is 0 Å². The van der Waals surface area contributed by atoms with Crippen LogP contribution < -0.4 is 0 Å². The fourth-order valence-electron chi connectivity index (χ4n) is 4.51. The van der Waals surface area contributed by atoms with Gasteiger partial charge in [-0.1, -0.05) is 6.42 Å². The second-order valence-corrected chi connectivity index (χ2v) is 6.84. The average Bonchev–Trinajstić information content (AvgIpc) is 2.67. The van der Waals surface area contributed by atoms with E-state index in [0.29, 0.717) is 6.10 Å². The maximum absolute atomic E-state index is 5.86. The van der Waals surface area contributed by atoms with Crippen LogP contribution in [0.25, 0.3) is 0 Å². The molecule has 2 bridgehead atoms. The average molecular weight is 244 g/mol. The third kappa shape index (κ3) is 1.85. The van der Waals surface area contributed by atoms with Crippen LogP contribution in [-0.4, -0.2) is 10.9 Å². The first-order valence-corrected chi connectivity index (χ1v) is 7.30. The van der Waals surface area contributed by atoms with Gasteiger partial charge in [-0.25, -0.2) is 0 Å². The monoisotopic (exact) mass is 244 g/mol. The quantitative estimate of drug-likeness (QED) is 0.559. The van der Waals surface area contributed by atoms with E-state index >= 15 is 0 Å². The molecule has 0 heterocycles. The second kappa shape index (κ2) is 4.15. The minimum absolute atomic E-state index is 0.186. The van der Waals surface area contributed by atoms with Crippen molar-refractivity contribution in [2.45, 2.75) is 49.4 Å². The van der Waals surface area contributed by atoms with Crippen LogP contribution in [0.1, 0.15) is 38.5 Å². The molecule has 0 spiro atoms. The summed E-state index contributed by atoms with van der Waals surface area (Å²) in [7, 11) is 0. The van der Waals surface area contributed by atoms with E-state index in [9.17, 15) is 0 Å². The van der Waals surface area contributed by atoms with Crippen LogP contribution in [0.2, 0.25) is 0 Å². The molecule has 4 fully saturated rings. The van der Waals surface area contributed by atoms with E-state index in [1.54, 1.807) is 0 Å². The molecule has 5 atom stereocenters. The van der Waals surface area contributed by atoms with Gasteiger partial charge in [-0.3, -0.25) is 0 Å². The highest BCUT2D eigenvalue weighted by Crippen LogP contribution is 2.56. The van der Waals surface area contributed by atoms with E-state index in [0.717, 1.165) is 23.7 Å². The number of rotatable bonds is 2. The zero-order valence-electron chi connectivity index (χ0n) is 9.01. The van der Waals surface area contributed by atoms with Gasteiger partial charge in [-0.05, 0) is 55.8 Å². The van der Waals surface area contributed by atoms with Crippen LogP contribution in [-0.2, 0) is 4.74 Å². The maximum atomic E-state index is 5.86. The molecule has 0 aliphatic heterocycles. The lowest BCUT2D eigenvalue weighted by atomic mass is 9.58. The molecule has 5 unspecified atom stereocenters. The van der Waals surface area contributed by atoms with E-state index in [4.69, 9.17) is 4.74 Å². The second-order valence-electron chi connectivity index (χ2n) is 5.50. The summed E-state index contributed by atoms with van der Waals surface area (Å²) in [6.07, 6.45) is 8.99. The highest BCUT2D eigenvalue weighted by atomic mass is 32.2. The molecule has 0 N–H and O–H groups in total. The molecule has 15 heavy (non-hydrogen) atoms. The highest BCUT2D eigenvalue weighted by Gasteiger charge is 2.50. The van der Waals surface area contributed by atoms with Crippen LogP contribution in [0, 0.1) is 23.7 Å². The summed E-state index contributed by atoms with van der Waals surface area (Å²) in [4.78, 5) is 0. The van der Waals surface area contributed by atoms with Crippen LogP contribution in [0.4, 0.5) is 0 Å². The Morgan fingerprint density at radius 2 is 1.73 bits per heavy atom. The molecule has 86 valence electrons. The molecule has 0 aromatic rings. The summed E-state index contributed by atoms with van der Waals surface area (Å²) in [6.45, 7) is 0. The molecular weight excluding hydrogens is 224 g/mol. The zero-order valence-corrected chi connectivity index (χ0v) is 10.8. The standard InChI is InChI=1S/C12H20OS2/c14-12(15)13-11-6-7-4-5-10(11)9-3-1-2-8(7)9/h7-12,14-15H,1-6H2. The lowest BCUT2D eigenvalue weighted by molar-refractivity contribution is -0.0935. The molecule has 4 aliphatic rings. The molecule has 0 aromatic carbocycles. The van der Waals surface area contributed by atoms with Gasteiger partial charge >= 0.3 is 0 Å². The molecular formula is C12H20OS2. The summed E-state index contributed by atoms with van der Waals surface area (Å²) < 4.78 is 5.68. The topological polar surface area (TPSA) is 9.23 Å². The minimum atomic E-state index is -0.186. The summed E-state index contributed by atoms with van der Waals surface area (Å²) in [5.41, 5.74) is 0. The number of fused-ring (bicyclic) bond motifs is 2. The molecule has 4 saturated carbocycles. The Morgan fingerprint density at radius 1 is 0.933 bits per heavy atom. The molecule has 3 heteroatoms. The fraction of sp³-hybridized carbons (Fsp3) is 1.00. The Hall–Kier alpha value is 0.660. The van der Waals surface area contributed by atoms with Gasteiger partial charge in [0.25, 0.3) is 0 Å². The van der Waals surface area contributed by atoms with Crippen molar-refractivity contribution < 1.29 is 4.74 Å². The SMILES string of the molecule is SC(S)OC1CC2CCC1C1CCCC21. The predicted molar refractivity (Wildman–Crippen MR) is 68.3 cm³/mol. The minimum Gasteiger partial charge on any atom is -0.355 e. The number of hydrogen-bond donors (Lipinski definition) is 2. The largest absolute Gasteiger partial charge is 0.355 e. The lowest BCUT2D eigenvalue weighted by Gasteiger charge is -2.50. The van der Waals surface area contributed by atoms with Crippen LogP contribution >= 0.6 is 25.3 Å². The first-order valence-electron chi connectivity index (χ1n) is 6.27. The van der Waals surface area contributed by atoms with Crippen LogP contribution in [0.3, 0.4) is 0 Å². The lowest BCUT2D eigenvalue weighted by Crippen LogP contribution is -2.47. The van der Waals surface area contributed by atoms with Gasteiger partial charge in [0, 0.05) is 0 Å². The number of hydrogen-bond acceptors (Lipinski definition) is 3. The summed E-state index contributed by atoms with van der Waals surface area (Å²) in [5, 5.41) is 0. The molecule has 0 radical (unpaired) electrons. The van der Waals surface area contributed by atoms with Crippen molar-refractivity contribution in [3.8, 4) is 0 Å². The molecule has 0 amide bonds. The fourth-order valence-corrected chi connectivity index (χ4v) is 4.82. The van der Waals surface area contributed by atoms with Crippen LogP contribution in [0.5, 0.6) is 0 Å². The van der Waals surface area contributed by atoms with Gasteiger partial charge in [0.2, 0.25) is 0 Å². The smallest absolute Gasteiger partial charge is 0.144 e. The van der Waals surface area contributed by atoms with E-state index in [1.165, 1.54) is 38.5 Å². The number of ether oxygens (including phenoxy) is 1. The van der Waals surface area contributed by atoms with Gasteiger partial charge in [-0.15, -0.1) is 25.3 Å². The first-order chi connectivity index (χ1) is 7.25. The van der Waals surface area contributed by atoms with Gasteiger partial charge in [0.1, 0.15) is 4.77 Å². The van der Waals surface area contributed by atoms with Crippen molar-refractivity contribution in [2.75, 3.05) is 0 Å². The summed E-state index contributed by atoms with van der Waals surface area (Å²) >= 11 is 8.48. The van der Waals surface area contributed by atoms with Crippen molar-refractivity contribution in [3.63, 3.8) is 0 Å². The summed E-state index contributed by atoms with van der Waals surface area (Å²) in [6, 6.07) is 0. The Kier molecular flexibility index (Phi) is 2.99. The van der Waals surface area contributed by atoms with Gasteiger partial charge in [0.15, 0.2) is 0 Å². The zero-order chi connectivity index (χ0) is 10.4. The molecule has 4 rings (SSSR count). The van der Waals surface area contributed by atoms with Gasteiger partial charge in [0.05, 0.1) is 6.10 Å². The van der Waals surface area contributed by atoms with Crippen molar-refractivity contribution >= 4 is 25.3 Å². The predicted octanol–water partition coefficient (Wildman–Crippen LogP) is 3.36. The highest BCUT2D eigenvalue weighted by molar-refractivity contribution is 7.98. The van der Waals surface area contributed by atoms with E-state index in [-0.39, 0.29) is 4.77 Å². The van der Waals surface area contributed by atoms with E-state index < -0.39 is 0 Å². The van der Waals surface area contributed by atoms with E-state index in [1.807, 2.05) is 0 Å². The van der Waals surface area contributed by atoms with Crippen molar-refractivity contribution in [1.82, 2.24) is 0 Å². The van der Waals surface area contributed by atoms with Crippen molar-refractivity contribution in [2.24, 2.45) is 23.7 Å². The molecule has 0 saturated heterocycles. The third-order valence-electron chi connectivity index (χ3n) is 4.96. The molecule has 0 aromatic heterocycles. The number of thiol groups is 2. The van der Waals surface area contributed by atoms with Crippen molar-refractivity contribution in [3.05, 3.63) is 0 Å². The normalized spacial score (nSPS) is 48.6. The molecule has 4 aliphatic carbocycles. The maximum Gasteiger partial charge on any atom is 0.144 e. The molecule has 1 nitrogen and oxygen atoms in total.